The molecule has 1 fully saturated rings. The first-order chi connectivity index (χ1) is 8.31. The van der Waals surface area contributed by atoms with Gasteiger partial charge in [-0.3, -0.25) is 4.79 Å². The third-order valence-corrected chi connectivity index (χ3v) is 4.17. The molecule has 3 nitrogen and oxygen atoms in total. The third-order valence-electron chi connectivity index (χ3n) is 3.03. The SMILES string of the molecule is O=C(CCl)c1csc(N2CCCCCCC2)n1. The molecule has 0 unspecified atom stereocenters. The van der Waals surface area contributed by atoms with Crippen LogP contribution in [-0.4, -0.2) is 29.7 Å². The van der Waals surface area contributed by atoms with Crippen LogP contribution >= 0.6 is 22.9 Å². The van der Waals surface area contributed by atoms with E-state index in [0.717, 1.165) is 18.2 Å². The Labute approximate surface area is 111 Å². The first-order valence-electron chi connectivity index (χ1n) is 6.11. The number of alkyl halides is 1. The quantitative estimate of drug-likeness (QED) is 0.625. The highest BCUT2D eigenvalue weighted by Crippen LogP contribution is 2.23. The van der Waals surface area contributed by atoms with Crippen molar-refractivity contribution in [3.63, 3.8) is 0 Å². The van der Waals surface area contributed by atoms with Crippen molar-refractivity contribution in [2.75, 3.05) is 23.9 Å². The Balaban J connectivity index is 2.04. The smallest absolute Gasteiger partial charge is 0.196 e. The fraction of sp³-hybridized carbons (Fsp3) is 0.667. The van der Waals surface area contributed by atoms with Crippen LogP contribution in [0.25, 0.3) is 0 Å². The van der Waals surface area contributed by atoms with Crippen LogP contribution in [0.15, 0.2) is 5.38 Å². The highest BCUT2D eigenvalue weighted by atomic mass is 35.5. The predicted molar refractivity (Wildman–Crippen MR) is 72.5 cm³/mol. The van der Waals surface area contributed by atoms with Crippen LogP contribution in [0.4, 0.5) is 5.13 Å². The van der Waals surface area contributed by atoms with Crippen molar-refractivity contribution in [2.45, 2.75) is 32.1 Å². The van der Waals surface area contributed by atoms with Crippen molar-refractivity contribution in [3.8, 4) is 0 Å². The van der Waals surface area contributed by atoms with Crippen molar-refractivity contribution in [2.24, 2.45) is 0 Å². The Morgan fingerprint density at radius 1 is 1.29 bits per heavy atom. The molecule has 0 amide bonds. The summed E-state index contributed by atoms with van der Waals surface area (Å²) >= 11 is 7.08. The number of hydrogen-bond acceptors (Lipinski definition) is 4. The van der Waals surface area contributed by atoms with Crippen LogP contribution in [-0.2, 0) is 0 Å². The van der Waals surface area contributed by atoms with Gasteiger partial charge in [-0.25, -0.2) is 4.98 Å². The number of Topliss-reactive ketones (excluding diaryl/α,β-unsaturated/α-hetero) is 1. The maximum atomic E-state index is 11.4. The molecule has 0 aromatic carbocycles. The van der Waals surface area contributed by atoms with E-state index in [1.54, 1.807) is 11.3 Å². The minimum Gasteiger partial charge on any atom is -0.348 e. The van der Waals surface area contributed by atoms with Gasteiger partial charge in [-0.1, -0.05) is 19.3 Å². The number of carbonyl (C=O) groups excluding carboxylic acids is 1. The molecule has 0 bridgehead atoms. The summed E-state index contributed by atoms with van der Waals surface area (Å²) < 4.78 is 0. The zero-order valence-electron chi connectivity index (χ0n) is 9.82. The molecule has 2 rings (SSSR count). The maximum absolute atomic E-state index is 11.4. The van der Waals surface area contributed by atoms with Gasteiger partial charge in [0.15, 0.2) is 10.9 Å². The monoisotopic (exact) mass is 272 g/mol. The molecule has 94 valence electrons. The highest BCUT2D eigenvalue weighted by Gasteiger charge is 2.15. The van der Waals surface area contributed by atoms with Crippen LogP contribution in [0, 0.1) is 0 Å². The van der Waals surface area contributed by atoms with Crippen molar-refractivity contribution in [1.82, 2.24) is 4.98 Å². The number of hydrogen-bond donors (Lipinski definition) is 0. The zero-order valence-corrected chi connectivity index (χ0v) is 11.4. The second kappa shape index (κ2) is 6.36. The van der Waals surface area contributed by atoms with E-state index in [4.69, 9.17) is 11.6 Å². The molecule has 1 aromatic rings. The van der Waals surface area contributed by atoms with Gasteiger partial charge < -0.3 is 4.90 Å². The number of carbonyl (C=O) groups is 1. The van der Waals surface area contributed by atoms with Crippen LogP contribution in [0.2, 0.25) is 0 Å². The Kier molecular flexibility index (Phi) is 4.80. The van der Waals surface area contributed by atoms with E-state index in [-0.39, 0.29) is 11.7 Å². The Hall–Kier alpha value is -0.610. The van der Waals surface area contributed by atoms with Gasteiger partial charge in [0.2, 0.25) is 0 Å². The topological polar surface area (TPSA) is 33.2 Å². The highest BCUT2D eigenvalue weighted by molar-refractivity contribution is 7.14. The minimum atomic E-state index is -0.0822. The van der Waals surface area contributed by atoms with Crippen molar-refractivity contribution in [3.05, 3.63) is 11.1 Å². The van der Waals surface area contributed by atoms with Crippen LogP contribution in [0.1, 0.15) is 42.6 Å². The van der Waals surface area contributed by atoms with Crippen molar-refractivity contribution in [1.29, 1.82) is 0 Å². The largest absolute Gasteiger partial charge is 0.348 e. The first kappa shape index (κ1) is 12.8. The number of anilines is 1. The Morgan fingerprint density at radius 2 is 1.94 bits per heavy atom. The number of halogens is 1. The molecule has 0 N–H and O–H groups in total. The van der Waals surface area contributed by atoms with Gasteiger partial charge in [-0.15, -0.1) is 22.9 Å². The Bertz CT molecular complexity index is 372. The maximum Gasteiger partial charge on any atom is 0.196 e. The summed E-state index contributed by atoms with van der Waals surface area (Å²) in [6.45, 7) is 2.12. The molecule has 1 saturated heterocycles. The van der Waals surface area contributed by atoms with Gasteiger partial charge in [0.25, 0.3) is 0 Å². The molecule has 1 aliphatic heterocycles. The first-order valence-corrected chi connectivity index (χ1v) is 7.52. The third kappa shape index (κ3) is 3.42. The molecule has 0 spiro atoms. The lowest BCUT2D eigenvalue weighted by Crippen LogP contribution is -2.26. The Morgan fingerprint density at radius 3 is 2.59 bits per heavy atom. The van der Waals surface area contributed by atoms with Crippen molar-refractivity contribution < 1.29 is 4.79 Å². The number of rotatable bonds is 3. The molecule has 17 heavy (non-hydrogen) atoms. The predicted octanol–water partition coefficient (Wildman–Crippen LogP) is 3.34. The van der Waals surface area contributed by atoms with E-state index < -0.39 is 0 Å². The molecule has 0 radical (unpaired) electrons. The second-order valence-corrected chi connectivity index (χ2v) is 5.43. The molecular formula is C12H17ClN2OS. The van der Waals surface area contributed by atoms with Gasteiger partial charge in [-0.2, -0.15) is 0 Å². The number of nitrogens with zero attached hydrogens (tertiary/aromatic N) is 2. The zero-order chi connectivity index (χ0) is 12.1. The molecule has 0 aliphatic carbocycles. The summed E-state index contributed by atoms with van der Waals surface area (Å²) in [5.74, 6) is -0.0652. The minimum absolute atomic E-state index is 0.0170. The average Bonchev–Trinajstić information content (AvgIpc) is 2.77. The van der Waals surface area contributed by atoms with Gasteiger partial charge >= 0.3 is 0 Å². The van der Waals surface area contributed by atoms with Crippen LogP contribution in [0.3, 0.4) is 0 Å². The van der Waals surface area contributed by atoms with E-state index in [0.29, 0.717) is 5.69 Å². The summed E-state index contributed by atoms with van der Waals surface area (Å²) in [7, 11) is 0. The van der Waals surface area contributed by atoms with Crippen LogP contribution < -0.4 is 4.90 Å². The lowest BCUT2D eigenvalue weighted by atomic mass is 10.1. The van der Waals surface area contributed by atoms with E-state index >= 15 is 0 Å². The van der Waals surface area contributed by atoms with Gasteiger partial charge in [0.1, 0.15) is 5.69 Å². The summed E-state index contributed by atoms with van der Waals surface area (Å²) in [4.78, 5) is 18.1. The van der Waals surface area contributed by atoms with Gasteiger partial charge in [0.05, 0.1) is 5.88 Å². The van der Waals surface area contributed by atoms with Gasteiger partial charge in [-0.05, 0) is 12.8 Å². The molecule has 1 aliphatic rings. The average molecular weight is 273 g/mol. The van der Waals surface area contributed by atoms with Crippen molar-refractivity contribution >= 4 is 33.9 Å². The van der Waals surface area contributed by atoms with Crippen LogP contribution in [0.5, 0.6) is 0 Å². The molecule has 5 heteroatoms. The summed E-state index contributed by atoms with van der Waals surface area (Å²) in [5, 5.41) is 2.79. The van der Waals surface area contributed by atoms with E-state index in [1.807, 2.05) is 5.38 Å². The lowest BCUT2D eigenvalue weighted by Gasteiger charge is -2.23. The summed E-state index contributed by atoms with van der Waals surface area (Å²) in [6, 6.07) is 0. The fourth-order valence-electron chi connectivity index (χ4n) is 2.04. The number of ketones is 1. The molecule has 2 heterocycles. The normalized spacial score (nSPS) is 17.6. The van der Waals surface area contributed by atoms with E-state index in [2.05, 4.69) is 9.88 Å². The van der Waals surface area contributed by atoms with E-state index in [9.17, 15) is 4.79 Å². The van der Waals surface area contributed by atoms with Gasteiger partial charge in [0, 0.05) is 18.5 Å². The molecule has 0 saturated carbocycles. The molecule has 1 aromatic heterocycles. The second-order valence-electron chi connectivity index (χ2n) is 4.33. The standard InChI is InChI=1S/C12H17ClN2OS/c13-8-11(16)10-9-17-12(14-10)15-6-4-2-1-3-5-7-15/h9H,1-8H2. The number of aromatic nitrogens is 1. The fourth-order valence-corrected chi connectivity index (χ4v) is 3.07. The number of thiazole rings is 1. The molecular weight excluding hydrogens is 256 g/mol. The lowest BCUT2D eigenvalue weighted by molar-refractivity contribution is 0.101. The summed E-state index contributed by atoms with van der Waals surface area (Å²) in [5.41, 5.74) is 0.516. The molecule has 0 atom stereocenters. The van der Waals surface area contributed by atoms with E-state index in [1.165, 1.54) is 32.1 Å². The summed E-state index contributed by atoms with van der Waals surface area (Å²) in [6.07, 6.45) is 6.39.